The Morgan fingerprint density at radius 1 is 1.19 bits per heavy atom. The molecule has 0 saturated heterocycles. The van der Waals surface area contributed by atoms with Gasteiger partial charge in [-0.2, -0.15) is 0 Å². The molecule has 1 unspecified atom stereocenters. The lowest BCUT2D eigenvalue weighted by atomic mass is 10.1. The Bertz CT molecular complexity index is 403. The number of nitrogens with one attached hydrogen (secondary N) is 1. The van der Waals surface area contributed by atoms with Crippen molar-refractivity contribution in [3.63, 3.8) is 0 Å². The van der Waals surface area contributed by atoms with Gasteiger partial charge in [0, 0.05) is 25.8 Å². The highest BCUT2D eigenvalue weighted by atomic mass is 15.2. The third-order valence-electron chi connectivity index (χ3n) is 3.86. The standard InChI is InChI=1S/C18H33N3/c1-6-9-17-11-16(13-19-10-7-2)12-18(20-17)21(5)14-15(4)8-3/h11-12,15,19H,6-10,13-14H2,1-5H3. The molecule has 1 heterocycles. The van der Waals surface area contributed by atoms with Crippen LogP contribution in [0.25, 0.3) is 0 Å². The summed E-state index contributed by atoms with van der Waals surface area (Å²) in [5.74, 6) is 1.82. The smallest absolute Gasteiger partial charge is 0.128 e. The topological polar surface area (TPSA) is 28.2 Å². The third-order valence-corrected chi connectivity index (χ3v) is 3.86. The highest BCUT2D eigenvalue weighted by Gasteiger charge is 2.09. The monoisotopic (exact) mass is 291 g/mol. The molecule has 0 aliphatic rings. The Balaban J connectivity index is 2.84. The number of nitrogens with zero attached hydrogens (tertiary/aromatic N) is 2. The summed E-state index contributed by atoms with van der Waals surface area (Å²) >= 11 is 0. The van der Waals surface area contributed by atoms with Crippen LogP contribution >= 0.6 is 0 Å². The zero-order chi connectivity index (χ0) is 15.7. The Labute approximate surface area is 131 Å². The van der Waals surface area contributed by atoms with Crippen molar-refractivity contribution < 1.29 is 0 Å². The van der Waals surface area contributed by atoms with Crippen LogP contribution < -0.4 is 10.2 Å². The van der Waals surface area contributed by atoms with Crippen molar-refractivity contribution in [3.8, 4) is 0 Å². The van der Waals surface area contributed by atoms with Crippen molar-refractivity contribution in [1.29, 1.82) is 0 Å². The number of anilines is 1. The Morgan fingerprint density at radius 3 is 2.57 bits per heavy atom. The van der Waals surface area contributed by atoms with E-state index in [1.165, 1.54) is 24.1 Å². The predicted octanol–water partition coefficient (Wildman–Crippen LogP) is 4.02. The van der Waals surface area contributed by atoms with Gasteiger partial charge in [-0.1, -0.05) is 40.5 Å². The molecule has 1 aromatic rings. The van der Waals surface area contributed by atoms with Gasteiger partial charge in [0.05, 0.1) is 0 Å². The Hall–Kier alpha value is -1.09. The molecule has 0 fully saturated rings. The second-order valence-corrected chi connectivity index (χ2v) is 6.15. The SMILES string of the molecule is CCCNCc1cc(CCC)nc(N(C)CC(C)CC)c1. The van der Waals surface area contributed by atoms with Crippen LogP contribution in [0.2, 0.25) is 0 Å². The first kappa shape index (κ1) is 18.0. The molecule has 0 bridgehead atoms. The first-order chi connectivity index (χ1) is 10.1. The molecule has 21 heavy (non-hydrogen) atoms. The quantitative estimate of drug-likeness (QED) is 0.660. The number of hydrogen-bond acceptors (Lipinski definition) is 3. The second-order valence-electron chi connectivity index (χ2n) is 6.15. The van der Waals surface area contributed by atoms with E-state index in [1.807, 2.05) is 0 Å². The second kappa shape index (κ2) is 9.78. The summed E-state index contributed by atoms with van der Waals surface area (Å²) in [7, 11) is 2.16. The summed E-state index contributed by atoms with van der Waals surface area (Å²) in [6.45, 7) is 12.1. The van der Waals surface area contributed by atoms with Crippen molar-refractivity contribution in [2.75, 3.05) is 25.0 Å². The fourth-order valence-electron chi connectivity index (χ4n) is 2.41. The summed E-state index contributed by atoms with van der Waals surface area (Å²) in [6, 6.07) is 4.50. The molecule has 0 aliphatic carbocycles. The number of aromatic nitrogens is 1. The molecule has 0 aliphatic heterocycles. The number of hydrogen-bond donors (Lipinski definition) is 1. The Morgan fingerprint density at radius 2 is 1.95 bits per heavy atom. The fourth-order valence-corrected chi connectivity index (χ4v) is 2.41. The lowest BCUT2D eigenvalue weighted by molar-refractivity contribution is 0.557. The molecule has 0 spiro atoms. The van der Waals surface area contributed by atoms with Crippen LogP contribution in [-0.2, 0) is 13.0 Å². The van der Waals surface area contributed by atoms with Crippen molar-refractivity contribution in [3.05, 3.63) is 23.4 Å². The summed E-state index contributed by atoms with van der Waals surface area (Å²) in [5.41, 5.74) is 2.58. The van der Waals surface area contributed by atoms with E-state index in [9.17, 15) is 0 Å². The van der Waals surface area contributed by atoms with Gasteiger partial charge in [-0.15, -0.1) is 0 Å². The minimum absolute atomic E-state index is 0.702. The number of pyridine rings is 1. The van der Waals surface area contributed by atoms with E-state index in [0.29, 0.717) is 5.92 Å². The van der Waals surface area contributed by atoms with Crippen LogP contribution in [0.15, 0.2) is 12.1 Å². The molecule has 1 N–H and O–H groups in total. The average molecular weight is 291 g/mol. The molecule has 0 aromatic carbocycles. The minimum atomic E-state index is 0.702. The zero-order valence-electron chi connectivity index (χ0n) is 14.6. The van der Waals surface area contributed by atoms with Crippen molar-refractivity contribution in [2.24, 2.45) is 5.92 Å². The minimum Gasteiger partial charge on any atom is -0.359 e. The largest absolute Gasteiger partial charge is 0.359 e. The highest BCUT2D eigenvalue weighted by Crippen LogP contribution is 2.17. The van der Waals surface area contributed by atoms with E-state index >= 15 is 0 Å². The van der Waals surface area contributed by atoms with E-state index in [0.717, 1.165) is 38.3 Å². The van der Waals surface area contributed by atoms with Crippen molar-refractivity contribution in [1.82, 2.24) is 10.3 Å². The normalized spacial score (nSPS) is 12.4. The van der Waals surface area contributed by atoms with Crippen LogP contribution in [0.1, 0.15) is 58.2 Å². The van der Waals surface area contributed by atoms with Crippen LogP contribution in [0, 0.1) is 5.92 Å². The van der Waals surface area contributed by atoms with Gasteiger partial charge in [-0.05, 0) is 43.0 Å². The van der Waals surface area contributed by atoms with Gasteiger partial charge < -0.3 is 10.2 Å². The van der Waals surface area contributed by atoms with Gasteiger partial charge in [0.15, 0.2) is 0 Å². The van der Waals surface area contributed by atoms with Crippen LogP contribution in [-0.4, -0.2) is 25.1 Å². The van der Waals surface area contributed by atoms with Gasteiger partial charge in [0.1, 0.15) is 5.82 Å². The fraction of sp³-hybridized carbons (Fsp3) is 0.722. The predicted molar refractivity (Wildman–Crippen MR) is 93.0 cm³/mol. The summed E-state index contributed by atoms with van der Waals surface area (Å²) in [4.78, 5) is 7.14. The van der Waals surface area contributed by atoms with Crippen molar-refractivity contribution >= 4 is 5.82 Å². The zero-order valence-corrected chi connectivity index (χ0v) is 14.6. The maximum Gasteiger partial charge on any atom is 0.128 e. The maximum atomic E-state index is 4.84. The van der Waals surface area contributed by atoms with Crippen LogP contribution in [0.5, 0.6) is 0 Å². The molecular weight excluding hydrogens is 258 g/mol. The summed E-state index contributed by atoms with van der Waals surface area (Å²) in [6.07, 6.45) is 4.59. The van der Waals surface area contributed by atoms with Gasteiger partial charge in [-0.25, -0.2) is 4.98 Å². The molecule has 0 saturated carbocycles. The van der Waals surface area contributed by atoms with Gasteiger partial charge in [0.25, 0.3) is 0 Å². The van der Waals surface area contributed by atoms with Crippen LogP contribution in [0.3, 0.4) is 0 Å². The molecule has 1 rings (SSSR count). The van der Waals surface area contributed by atoms with E-state index in [-0.39, 0.29) is 0 Å². The summed E-state index contributed by atoms with van der Waals surface area (Å²) < 4.78 is 0. The maximum absolute atomic E-state index is 4.84. The van der Waals surface area contributed by atoms with Crippen LogP contribution in [0.4, 0.5) is 5.82 Å². The molecule has 0 amide bonds. The molecular formula is C18H33N3. The van der Waals surface area contributed by atoms with Gasteiger partial charge in [-0.3, -0.25) is 0 Å². The van der Waals surface area contributed by atoms with Gasteiger partial charge >= 0.3 is 0 Å². The molecule has 3 nitrogen and oxygen atoms in total. The lowest BCUT2D eigenvalue weighted by Crippen LogP contribution is -2.25. The third kappa shape index (κ3) is 6.47. The van der Waals surface area contributed by atoms with E-state index in [1.54, 1.807) is 0 Å². The van der Waals surface area contributed by atoms with Gasteiger partial charge in [0.2, 0.25) is 0 Å². The highest BCUT2D eigenvalue weighted by molar-refractivity contribution is 5.42. The molecule has 3 heteroatoms. The molecule has 120 valence electrons. The van der Waals surface area contributed by atoms with E-state index in [2.05, 4.69) is 57.1 Å². The summed E-state index contributed by atoms with van der Waals surface area (Å²) in [5, 5.41) is 3.49. The average Bonchev–Trinajstić information content (AvgIpc) is 2.47. The first-order valence-corrected chi connectivity index (χ1v) is 8.52. The first-order valence-electron chi connectivity index (χ1n) is 8.52. The van der Waals surface area contributed by atoms with E-state index < -0.39 is 0 Å². The molecule has 1 aromatic heterocycles. The number of aryl methyl sites for hydroxylation is 1. The molecule has 1 atom stereocenters. The Kier molecular flexibility index (Phi) is 8.36. The lowest BCUT2D eigenvalue weighted by Gasteiger charge is -2.23. The van der Waals surface area contributed by atoms with Crippen molar-refractivity contribution in [2.45, 2.75) is 59.9 Å². The molecule has 0 radical (unpaired) electrons. The number of rotatable bonds is 10. The van der Waals surface area contributed by atoms with E-state index in [4.69, 9.17) is 4.98 Å².